The number of fused-ring (bicyclic) bond motifs is 1. The van der Waals surface area contributed by atoms with Gasteiger partial charge in [0.25, 0.3) is 0 Å². The number of halogens is 1. The van der Waals surface area contributed by atoms with Crippen molar-refractivity contribution >= 4 is 11.4 Å². The molecule has 2 saturated heterocycles. The highest BCUT2D eigenvalue weighted by Gasteiger charge is 2.54. The minimum absolute atomic E-state index is 0.140. The number of anilines is 2. The molecule has 0 radical (unpaired) electrons. The van der Waals surface area contributed by atoms with Gasteiger partial charge in [-0.1, -0.05) is 38.1 Å². The van der Waals surface area contributed by atoms with Gasteiger partial charge >= 0.3 is 0 Å². The first-order valence-electron chi connectivity index (χ1n) is 12.2. The third-order valence-electron chi connectivity index (χ3n) is 7.36. The fourth-order valence-corrected chi connectivity index (χ4v) is 5.59. The first kappa shape index (κ1) is 21.7. The van der Waals surface area contributed by atoms with Crippen LogP contribution in [-0.2, 0) is 17.7 Å². The zero-order valence-corrected chi connectivity index (χ0v) is 19.4. The molecular weight excluding hydrogens is 401 g/mol. The van der Waals surface area contributed by atoms with Crippen LogP contribution in [0.4, 0.5) is 15.8 Å². The molecule has 5 rings (SSSR count). The zero-order chi connectivity index (χ0) is 22.1. The molecule has 5 heteroatoms. The summed E-state index contributed by atoms with van der Waals surface area (Å²) in [6, 6.07) is 14.8. The molecule has 172 valence electrons. The number of ether oxygens (including phenoxy) is 1. The SMILES string of the molecule is CC(C)Cc1ccc(CN2CC3C(CNc4ccc(N5CCOCC5)c(F)c4)C3C2)cc1. The molecule has 0 amide bonds. The summed E-state index contributed by atoms with van der Waals surface area (Å²) in [4.78, 5) is 4.67. The van der Waals surface area contributed by atoms with Crippen LogP contribution < -0.4 is 10.2 Å². The van der Waals surface area contributed by atoms with Crippen molar-refractivity contribution in [3.8, 4) is 0 Å². The molecule has 2 heterocycles. The third kappa shape index (κ3) is 4.94. The van der Waals surface area contributed by atoms with Crippen molar-refractivity contribution in [2.24, 2.45) is 23.7 Å². The highest BCUT2D eigenvalue weighted by molar-refractivity contribution is 5.56. The number of nitrogens with one attached hydrogen (secondary N) is 1. The lowest BCUT2D eigenvalue weighted by Crippen LogP contribution is -2.36. The summed E-state index contributed by atoms with van der Waals surface area (Å²) in [6.07, 6.45) is 1.16. The smallest absolute Gasteiger partial charge is 0.148 e. The summed E-state index contributed by atoms with van der Waals surface area (Å²) in [5.41, 5.74) is 4.44. The monoisotopic (exact) mass is 437 g/mol. The quantitative estimate of drug-likeness (QED) is 0.651. The molecule has 2 unspecified atom stereocenters. The maximum Gasteiger partial charge on any atom is 0.148 e. The average molecular weight is 438 g/mol. The first-order valence-corrected chi connectivity index (χ1v) is 12.2. The lowest BCUT2D eigenvalue weighted by atomic mass is 10.0. The molecule has 0 aromatic heterocycles. The van der Waals surface area contributed by atoms with Crippen LogP contribution >= 0.6 is 0 Å². The summed E-state index contributed by atoms with van der Waals surface area (Å²) in [7, 11) is 0. The molecule has 2 aromatic carbocycles. The second kappa shape index (κ2) is 9.40. The molecule has 4 nitrogen and oxygen atoms in total. The van der Waals surface area contributed by atoms with Gasteiger partial charge in [-0.2, -0.15) is 0 Å². The Morgan fingerprint density at radius 1 is 1.00 bits per heavy atom. The minimum atomic E-state index is -0.140. The highest BCUT2D eigenvalue weighted by Crippen LogP contribution is 2.51. The summed E-state index contributed by atoms with van der Waals surface area (Å²) < 4.78 is 20.0. The van der Waals surface area contributed by atoms with Crippen molar-refractivity contribution in [2.75, 3.05) is 56.2 Å². The van der Waals surface area contributed by atoms with Crippen LogP contribution in [-0.4, -0.2) is 50.8 Å². The fraction of sp³-hybridized carbons (Fsp3) is 0.556. The molecule has 1 aliphatic carbocycles. The van der Waals surface area contributed by atoms with Crippen molar-refractivity contribution in [2.45, 2.75) is 26.8 Å². The van der Waals surface area contributed by atoms with E-state index in [2.05, 4.69) is 53.2 Å². The van der Waals surface area contributed by atoms with Crippen LogP contribution in [0.3, 0.4) is 0 Å². The third-order valence-corrected chi connectivity index (χ3v) is 7.36. The molecule has 0 bridgehead atoms. The van der Waals surface area contributed by atoms with Crippen molar-refractivity contribution < 1.29 is 9.13 Å². The van der Waals surface area contributed by atoms with E-state index in [0.29, 0.717) is 24.8 Å². The molecular formula is C27H36FN3O. The fourth-order valence-electron chi connectivity index (χ4n) is 5.59. The van der Waals surface area contributed by atoms with E-state index in [1.807, 2.05) is 12.1 Å². The Morgan fingerprint density at radius 2 is 1.69 bits per heavy atom. The van der Waals surface area contributed by atoms with E-state index in [1.165, 1.54) is 24.2 Å². The van der Waals surface area contributed by atoms with Crippen molar-refractivity contribution in [1.82, 2.24) is 4.90 Å². The van der Waals surface area contributed by atoms with E-state index < -0.39 is 0 Å². The van der Waals surface area contributed by atoms with Crippen LogP contribution in [0, 0.1) is 29.5 Å². The predicted molar refractivity (Wildman–Crippen MR) is 129 cm³/mol. The first-order chi connectivity index (χ1) is 15.6. The van der Waals surface area contributed by atoms with E-state index in [-0.39, 0.29) is 5.82 Å². The second-order valence-corrected chi connectivity index (χ2v) is 10.2. The Hall–Kier alpha value is -2.11. The van der Waals surface area contributed by atoms with Gasteiger partial charge in [0.1, 0.15) is 5.82 Å². The molecule has 3 aliphatic rings. The molecule has 0 spiro atoms. The largest absolute Gasteiger partial charge is 0.385 e. The number of rotatable bonds is 8. The molecule has 32 heavy (non-hydrogen) atoms. The summed E-state index contributed by atoms with van der Waals surface area (Å²) in [6.45, 7) is 11.8. The van der Waals surface area contributed by atoms with Crippen LogP contribution in [0.1, 0.15) is 25.0 Å². The van der Waals surface area contributed by atoms with E-state index in [0.717, 1.165) is 56.0 Å². The summed E-state index contributed by atoms with van der Waals surface area (Å²) in [5.74, 6) is 2.87. The van der Waals surface area contributed by atoms with Gasteiger partial charge in [-0.05, 0) is 59.4 Å². The normalized spacial score (nSPS) is 25.2. The van der Waals surface area contributed by atoms with Crippen LogP contribution in [0.5, 0.6) is 0 Å². The molecule has 1 N–H and O–H groups in total. The lowest BCUT2D eigenvalue weighted by Gasteiger charge is -2.29. The molecule has 3 fully saturated rings. The van der Waals surface area contributed by atoms with Crippen LogP contribution in [0.25, 0.3) is 0 Å². The van der Waals surface area contributed by atoms with Gasteiger partial charge in [-0.25, -0.2) is 4.39 Å². The molecule has 2 aliphatic heterocycles. The lowest BCUT2D eigenvalue weighted by molar-refractivity contribution is 0.122. The van der Waals surface area contributed by atoms with Gasteiger partial charge in [0.05, 0.1) is 18.9 Å². The Bertz CT molecular complexity index is 898. The highest BCUT2D eigenvalue weighted by atomic mass is 19.1. The maximum atomic E-state index is 14.6. The second-order valence-electron chi connectivity index (χ2n) is 10.2. The summed E-state index contributed by atoms with van der Waals surface area (Å²) >= 11 is 0. The zero-order valence-electron chi connectivity index (χ0n) is 19.4. The van der Waals surface area contributed by atoms with E-state index in [9.17, 15) is 4.39 Å². The number of piperidine rings is 1. The average Bonchev–Trinajstić information content (AvgIpc) is 3.24. The van der Waals surface area contributed by atoms with Crippen LogP contribution in [0.15, 0.2) is 42.5 Å². The molecule has 2 atom stereocenters. The topological polar surface area (TPSA) is 27.7 Å². The minimum Gasteiger partial charge on any atom is -0.385 e. The van der Waals surface area contributed by atoms with Gasteiger partial charge in [-0.3, -0.25) is 4.90 Å². The van der Waals surface area contributed by atoms with Crippen LogP contribution in [0.2, 0.25) is 0 Å². The van der Waals surface area contributed by atoms with Crippen molar-refractivity contribution in [3.05, 3.63) is 59.4 Å². The van der Waals surface area contributed by atoms with E-state index in [4.69, 9.17) is 4.74 Å². The van der Waals surface area contributed by atoms with Crippen molar-refractivity contribution in [3.63, 3.8) is 0 Å². The Kier molecular flexibility index (Phi) is 6.38. The number of hydrogen-bond acceptors (Lipinski definition) is 4. The Balaban J connectivity index is 1.07. The molecule has 2 aromatic rings. The van der Waals surface area contributed by atoms with Crippen molar-refractivity contribution in [1.29, 1.82) is 0 Å². The Morgan fingerprint density at radius 3 is 2.34 bits per heavy atom. The van der Waals surface area contributed by atoms with E-state index >= 15 is 0 Å². The standard InChI is InChI=1S/C27H36FN3O/c1-19(2)13-20-3-5-21(6-4-20)16-30-17-24-23(25(24)18-30)15-29-22-7-8-27(26(28)14-22)31-9-11-32-12-10-31/h3-8,14,19,23-25,29H,9-13,15-18H2,1-2H3. The maximum absolute atomic E-state index is 14.6. The van der Waals surface area contributed by atoms with E-state index in [1.54, 1.807) is 6.07 Å². The van der Waals surface area contributed by atoms with Gasteiger partial charge in [0, 0.05) is 45.0 Å². The number of benzene rings is 2. The Labute approximate surface area is 191 Å². The van der Waals surface area contributed by atoms with Gasteiger partial charge in [-0.15, -0.1) is 0 Å². The summed E-state index contributed by atoms with van der Waals surface area (Å²) in [5, 5.41) is 3.49. The molecule has 1 saturated carbocycles. The van der Waals surface area contributed by atoms with Gasteiger partial charge in [0.15, 0.2) is 0 Å². The van der Waals surface area contributed by atoms with Gasteiger partial charge in [0.2, 0.25) is 0 Å². The number of likely N-dealkylation sites (tertiary alicyclic amines) is 1. The number of hydrogen-bond donors (Lipinski definition) is 1. The number of morpholine rings is 1. The van der Waals surface area contributed by atoms with Gasteiger partial charge < -0.3 is 15.0 Å². The number of nitrogens with zero attached hydrogens (tertiary/aromatic N) is 2. The predicted octanol–water partition coefficient (Wildman–Crippen LogP) is 4.65.